The van der Waals surface area contributed by atoms with Gasteiger partial charge in [0.05, 0.1) is 0 Å². The maximum Gasteiger partial charge on any atom is 0.315 e. The zero-order chi connectivity index (χ0) is 17.2. The highest BCUT2D eigenvalue weighted by Crippen LogP contribution is 2.17. The zero-order valence-electron chi connectivity index (χ0n) is 14.6. The van der Waals surface area contributed by atoms with Crippen LogP contribution in [0, 0.1) is 0 Å². The van der Waals surface area contributed by atoms with E-state index in [9.17, 15) is 9.59 Å². The molecule has 0 radical (unpaired) electrons. The van der Waals surface area contributed by atoms with Crippen LogP contribution in [-0.4, -0.2) is 24.5 Å². The first-order chi connectivity index (χ1) is 11.7. The number of hydrogen-bond donors (Lipinski definition) is 3. The predicted molar refractivity (Wildman–Crippen MR) is 97.1 cm³/mol. The molecule has 0 bridgehead atoms. The van der Waals surface area contributed by atoms with Crippen molar-refractivity contribution in [2.75, 3.05) is 11.9 Å². The van der Waals surface area contributed by atoms with E-state index in [1.54, 1.807) is 0 Å². The summed E-state index contributed by atoms with van der Waals surface area (Å²) in [6.45, 7) is 2.60. The predicted octanol–water partition coefficient (Wildman–Crippen LogP) is 3.60. The summed E-state index contributed by atoms with van der Waals surface area (Å²) in [6, 6.07) is 8.09. The molecule has 2 rings (SSSR count). The maximum absolute atomic E-state index is 11.9. The Bertz CT molecular complexity index is 539. The number of carbonyl (C=O) groups is 2. The van der Waals surface area contributed by atoms with Crippen LogP contribution in [-0.2, 0) is 11.2 Å². The Kier molecular flexibility index (Phi) is 7.59. The molecular formula is C19H29N3O2. The molecule has 1 aromatic carbocycles. The molecule has 0 aliphatic heterocycles. The number of anilines is 1. The van der Waals surface area contributed by atoms with Crippen molar-refractivity contribution < 1.29 is 9.59 Å². The van der Waals surface area contributed by atoms with E-state index < -0.39 is 0 Å². The van der Waals surface area contributed by atoms with Crippen molar-refractivity contribution in [3.05, 3.63) is 29.8 Å². The van der Waals surface area contributed by atoms with E-state index in [1.807, 2.05) is 24.3 Å². The standard InChI is InChI=1S/C19H29N3O2/c1-2-15-8-6-11-17(14-15)21-18(23)12-7-13-20-19(24)22-16-9-4-3-5-10-16/h6,8,11,14,16H,2-5,7,9-10,12-13H2,1H3,(H,21,23)(H2,20,22,24). The van der Waals surface area contributed by atoms with Gasteiger partial charge in [0, 0.05) is 24.7 Å². The van der Waals surface area contributed by atoms with E-state index in [-0.39, 0.29) is 11.9 Å². The molecule has 0 unspecified atom stereocenters. The zero-order valence-corrected chi connectivity index (χ0v) is 14.6. The highest BCUT2D eigenvalue weighted by atomic mass is 16.2. The first-order valence-electron chi connectivity index (χ1n) is 9.10. The molecule has 3 amide bonds. The minimum Gasteiger partial charge on any atom is -0.338 e. The Morgan fingerprint density at radius 2 is 1.96 bits per heavy atom. The largest absolute Gasteiger partial charge is 0.338 e. The number of aryl methyl sites for hydroxylation is 1. The van der Waals surface area contributed by atoms with Crippen LogP contribution in [0.15, 0.2) is 24.3 Å². The van der Waals surface area contributed by atoms with Crippen LogP contribution in [0.5, 0.6) is 0 Å². The molecule has 0 spiro atoms. The fourth-order valence-corrected chi connectivity index (χ4v) is 3.03. The van der Waals surface area contributed by atoms with Crippen molar-refractivity contribution in [2.24, 2.45) is 0 Å². The number of amides is 3. The van der Waals surface area contributed by atoms with Gasteiger partial charge in [-0.1, -0.05) is 38.3 Å². The van der Waals surface area contributed by atoms with E-state index in [2.05, 4.69) is 22.9 Å². The van der Waals surface area contributed by atoms with Crippen LogP contribution in [0.4, 0.5) is 10.5 Å². The summed E-state index contributed by atoms with van der Waals surface area (Å²) in [5, 5.41) is 8.75. The molecule has 24 heavy (non-hydrogen) atoms. The summed E-state index contributed by atoms with van der Waals surface area (Å²) in [5.74, 6) is -0.0160. The van der Waals surface area contributed by atoms with Gasteiger partial charge in [-0.15, -0.1) is 0 Å². The average molecular weight is 331 g/mol. The van der Waals surface area contributed by atoms with Gasteiger partial charge >= 0.3 is 6.03 Å². The molecule has 1 fully saturated rings. The van der Waals surface area contributed by atoms with E-state index >= 15 is 0 Å². The summed E-state index contributed by atoms with van der Waals surface area (Å²) in [6.07, 6.45) is 7.81. The maximum atomic E-state index is 11.9. The number of hydrogen-bond acceptors (Lipinski definition) is 2. The molecule has 0 saturated heterocycles. The van der Waals surface area contributed by atoms with Crippen LogP contribution < -0.4 is 16.0 Å². The van der Waals surface area contributed by atoms with E-state index in [1.165, 1.54) is 24.8 Å². The average Bonchev–Trinajstić information content (AvgIpc) is 2.60. The van der Waals surface area contributed by atoms with Crippen LogP contribution in [0.2, 0.25) is 0 Å². The number of benzene rings is 1. The summed E-state index contributed by atoms with van der Waals surface area (Å²) in [5.41, 5.74) is 2.04. The molecule has 132 valence electrons. The van der Waals surface area contributed by atoms with Crippen molar-refractivity contribution in [2.45, 2.75) is 64.3 Å². The number of nitrogens with one attached hydrogen (secondary N) is 3. The van der Waals surface area contributed by atoms with Crippen molar-refractivity contribution in [3.63, 3.8) is 0 Å². The Morgan fingerprint density at radius 3 is 2.71 bits per heavy atom. The van der Waals surface area contributed by atoms with E-state index in [4.69, 9.17) is 0 Å². The van der Waals surface area contributed by atoms with E-state index in [0.29, 0.717) is 25.4 Å². The number of carbonyl (C=O) groups excluding carboxylic acids is 2. The lowest BCUT2D eigenvalue weighted by molar-refractivity contribution is -0.116. The van der Waals surface area contributed by atoms with Gasteiger partial charge in [-0.05, 0) is 43.4 Å². The SMILES string of the molecule is CCc1cccc(NC(=O)CCCNC(=O)NC2CCCCC2)c1. The molecule has 3 N–H and O–H groups in total. The molecule has 1 saturated carbocycles. The second kappa shape index (κ2) is 9.96. The molecule has 5 heteroatoms. The van der Waals surface area contributed by atoms with Gasteiger partial charge in [0.2, 0.25) is 5.91 Å². The highest BCUT2D eigenvalue weighted by Gasteiger charge is 2.15. The Balaban J connectivity index is 1.59. The van der Waals surface area contributed by atoms with Gasteiger partial charge in [-0.25, -0.2) is 4.79 Å². The molecule has 1 aromatic rings. The number of rotatable bonds is 7. The van der Waals surface area contributed by atoms with Crippen LogP contribution in [0.1, 0.15) is 57.4 Å². The molecular weight excluding hydrogens is 302 g/mol. The molecule has 0 heterocycles. The third-order valence-corrected chi connectivity index (χ3v) is 4.43. The van der Waals surface area contributed by atoms with Gasteiger partial charge < -0.3 is 16.0 Å². The molecule has 1 aliphatic carbocycles. The normalized spacial score (nSPS) is 14.9. The van der Waals surface area contributed by atoms with Gasteiger partial charge in [-0.3, -0.25) is 4.79 Å². The Hall–Kier alpha value is -2.04. The van der Waals surface area contributed by atoms with Crippen molar-refractivity contribution in [3.8, 4) is 0 Å². The lowest BCUT2D eigenvalue weighted by Crippen LogP contribution is -2.43. The van der Waals surface area contributed by atoms with Gasteiger partial charge in [0.1, 0.15) is 0 Å². The summed E-state index contributed by atoms with van der Waals surface area (Å²) >= 11 is 0. The van der Waals surface area contributed by atoms with Gasteiger partial charge in [0.15, 0.2) is 0 Å². The topological polar surface area (TPSA) is 70.2 Å². The lowest BCUT2D eigenvalue weighted by Gasteiger charge is -2.22. The second-order valence-electron chi connectivity index (χ2n) is 6.44. The Labute approximate surface area is 144 Å². The minimum absolute atomic E-state index is 0.0160. The second-order valence-corrected chi connectivity index (χ2v) is 6.44. The first-order valence-corrected chi connectivity index (χ1v) is 9.10. The fourth-order valence-electron chi connectivity index (χ4n) is 3.03. The van der Waals surface area contributed by atoms with E-state index in [0.717, 1.165) is 24.9 Å². The summed E-state index contributed by atoms with van der Waals surface area (Å²) in [7, 11) is 0. The highest BCUT2D eigenvalue weighted by molar-refractivity contribution is 5.90. The number of urea groups is 1. The van der Waals surface area contributed by atoms with Crippen LogP contribution in [0.3, 0.4) is 0 Å². The molecule has 0 atom stereocenters. The lowest BCUT2D eigenvalue weighted by atomic mass is 9.96. The summed E-state index contributed by atoms with van der Waals surface area (Å²) < 4.78 is 0. The van der Waals surface area contributed by atoms with Crippen molar-refractivity contribution in [1.29, 1.82) is 0 Å². The van der Waals surface area contributed by atoms with Crippen LogP contribution in [0.25, 0.3) is 0 Å². The quantitative estimate of drug-likeness (QED) is 0.668. The van der Waals surface area contributed by atoms with Crippen molar-refractivity contribution in [1.82, 2.24) is 10.6 Å². The molecule has 5 nitrogen and oxygen atoms in total. The molecule has 0 aromatic heterocycles. The Morgan fingerprint density at radius 1 is 1.17 bits per heavy atom. The minimum atomic E-state index is -0.113. The summed E-state index contributed by atoms with van der Waals surface area (Å²) in [4.78, 5) is 23.7. The van der Waals surface area contributed by atoms with Gasteiger partial charge in [-0.2, -0.15) is 0 Å². The smallest absolute Gasteiger partial charge is 0.315 e. The third-order valence-electron chi connectivity index (χ3n) is 4.43. The monoisotopic (exact) mass is 331 g/mol. The van der Waals surface area contributed by atoms with Crippen molar-refractivity contribution >= 4 is 17.6 Å². The molecule has 1 aliphatic rings. The third kappa shape index (κ3) is 6.60. The van der Waals surface area contributed by atoms with Gasteiger partial charge in [0.25, 0.3) is 0 Å². The fraction of sp³-hybridized carbons (Fsp3) is 0.579. The van der Waals surface area contributed by atoms with Crippen LogP contribution >= 0.6 is 0 Å². The first kappa shape index (κ1) is 18.3.